The first-order valence-electron chi connectivity index (χ1n) is 20.8. The zero-order chi connectivity index (χ0) is 39.3. The zero-order valence-electron chi connectivity index (χ0n) is 33.2. The minimum absolute atomic E-state index is 0.146. The molecule has 9 aromatic rings. The van der Waals surface area contributed by atoms with Crippen LogP contribution in [0.4, 0.5) is 17.1 Å². The second-order valence-electron chi connectivity index (χ2n) is 16.8. The van der Waals surface area contributed by atoms with E-state index in [9.17, 15) is 0 Å². The summed E-state index contributed by atoms with van der Waals surface area (Å²) in [5, 5.41) is 0. The third-order valence-corrected chi connectivity index (χ3v) is 13.5. The molecule has 3 aliphatic carbocycles. The van der Waals surface area contributed by atoms with Crippen LogP contribution in [0.15, 0.2) is 212 Å². The summed E-state index contributed by atoms with van der Waals surface area (Å²) in [6, 6.07) is 79.3. The minimum Gasteiger partial charge on any atom is -0.310 e. The lowest BCUT2D eigenvalue weighted by atomic mass is 9.69. The molecule has 0 saturated carbocycles. The van der Waals surface area contributed by atoms with Crippen molar-refractivity contribution in [2.45, 2.75) is 24.7 Å². The van der Waals surface area contributed by atoms with Crippen LogP contribution < -0.4 is 4.90 Å². The Hall–Kier alpha value is -7.22. The van der Waals surface area contributed by atoms with Crippen LogP contribution in [-0.2, 0) is 10.8 Å². The van der Waals surface area contributed by atoms with Gasteiger partial charge in [0.25, 0.3) is 0 Å². The number of rotatable bonds is 5. The molecule has 0 heterocycles. The van der Waals surface area contributed by atoms with Gasteiger partial charge in [0, 0.05) is 22.4 Å². The van der Waals surface area contributed by atoms with Gasteiger partial charge in [-0.05, 0) is 114 Å². The molecule has 9 aromatic carbocycles. The van der Waals surface area contributed by atoms with Gasteiger partial charge in [0.1, 0.15) is 0 Å². The Morgan fingerprint density at radius 1 is 0.322 bits per heavy atom. The average Bonchev–Trinajstić information content (AvgIpc) is 3.86. The fourth-order valence-corrected chi connectivity index (χ4v) is 11.0. The second kappa shape index (κ2) is 12.6. The number of hydrogen-bond donors (Lipinski definition) is 0. The highest BCUT2D eigenvalue weighted by molar-refractivity contribution is 6.03. The number of fused-ring (bicyclic) bond motifs is 13. The van der Waals surface area contributed by atoms with E-state index in [4.69, 9.17) is 0 Å². The quantitative estimate of drug-likeness (QED) is 0.169. The average molecular weight is 752 g/mol. The van der Waals surface area contributed by atoms with Crippen LogP contribution >= 0.6 is 0 Å². The summed E-state index contributed by atoms with van der Waals surface area (Å²) in [5.74, 6) is 0. The van der Waals surface area contributed by atoms with Crippen molar-refractivity contribution in [1.29, 1.82) is 0 Å². The first-order chi connectivity index (χ1) is 29.0. The lowest BCUT2D eigenvalue weighted by Gasteiger charge is -2.36. The fraction of sp³-hybridized carbons (Fsp3) is 0.0690. The van der Waals surface area contributed by atoms with Crippen LogP contribution in [0.1, 0.15) is 47.2 Å². The largest absolute Gasteiger partial charge is 0.310 e. The highest BCUT2D eigenvalue weighted by Gasteiger charge is 2.54. The van der Waals surface area contributed by atoms with Crippen molar-refractivity contribution >= 4 is 17.1 Å². The van der Waals surface area contributed by atoms with Crippen molar-refractivity contribution in [3.63, 3.8) is 0 Å². The lowest BCUT2D eigenvalue weighted by Crippen LogP contribution is -2.28. The first kappa shape index (κ1) is 33.9. The van der Waals surface area contributed by atoms with E-state index in [1.54, 1.807) is 0 Å². The van der Waals surface area contributed by atoms with Crippen LogP contribution in [0.2, 0.25) is 0 Å². The molecule has 1 nitrogen and oxygen atoms in total. The van der Waals surface area contributed by atoms with E-state index in [0.29, 0.717) is 0 Å². The summed E-state index contributed by atoms with van der Waals surface area (Å²) < 4.78 is 0. The van der Waals surface area contributed by atoms with Gasteiger partial charge in [0.2, 0.25) is 0 Å². The molecule has 0 saturated heterocycles. The van der Waals surface area contributed by atoms with E-state index >= 15 is 0 Å². The highest BCUT2D eigenvalue weighted by atomic mass is 15.1. The number of nitrogens with zero attached hydrogens (tertiary/aromatic N) is 1. The molecule has 1 spiro atoms. The lowest BCUT2D eigenvalue weighted by molar-refractivity contribution is 0.660. The predicted octanol–water partition coefficient (Wildman–Crippen LogP) is 15.1. The molecule has 278 valence electrons. The molecule has 1 unspecified atom stereocenters. The van der Waals surface area contributed by atoms with Gasteiger partial charge in [0.15, 0.2) is 0 Å². The summed E-state index contributed by atoms with van der Waals surface area (Å²) in [6.45, 7) is 4.76. The van der Waals surface area contributed by atoms with E-state index in [0.717, 1.165) is 11.4 Å². The summed E-state index contributed by atoms with van der Waals surface area (Å²) >= 11 is 0. The van der Waals surface area contributed by atoms with Crippen molar-refractivity contribution in [2.75, 3.05) is 4.90 Å². The van der Waals surface area contributed by atoms with Gasteiger partial charge in [0.05, 0.1) is 11.1 Å². The van der Waals surface area contributed by atoms with Crippen molar-refractivity contribution in [1.82, 2.24) is 0 Å². The molecule has 0 radical (unpaired) electrons. The van der Waals surface area contributed by atoms with E-state index in [2.05, 4.69) is 231 Å². The molecule has 59 heavy (non-hydrogen) atoms. The molecular formula is C58H41N. The van der Waals surface area contributed by atoms with Gasteiger partial charge in [-0.25, -0.2) is 0 Å². The van der Waals surface area contributed by atoms with Gasteiger partial charge < -0.3 is 4.90 Å². The van der Waals surface area contributed by atoms with Crippen molar-refractivity contribution in [3.05, 3.63) is 246 Å². The van der Waals surface area contributed by atoms with Crippen LogP contribution in [0.25, 0.3) is 55.6 Å². The van der Waals surface area contributed by atoms with Gasteiger partial charge in [-0.2, -0.15) is 0 Å². The monoisotopic (exact) mass is 751 g/mol. The molecule has 0 amide bonds. The molecule has 0 aliphatic heterocycles. The maximum absolute atomic E-state index is 2.56. The topological polar surface area (TPSA) is 3.24 Å². The Balaban J connectivity index is 1.18. The molecule has 0 aromatic heterocycles. The highest BCUT2D eigenvalue weighted by Crippen LogP contribution is 2.66. The maximum Gasteiger partial charge on any atom is 0.0746 e. The molecule has 0 fully saturated rings. The van der Waals surface area contributed by atoms with Gasteiger partial charge >= 0.3 is 0 Å². The number of benzene rings is 9. The standard InChI is InChI=1S/C58H41N/c1-57(2)49-29-12-9-24-44(49)46-35-34-42(37-53(46)57)59(41-23-15-22-40(36-41)38-18-5-3-6-19-38)54-33-17-28-47-45-25-10-13-30-50(45)58(56(47)54)51-31-14-11-26-48(51)55-43(27-16-32-52(55)58)39-20-7-4-8-21-39/h3-37H,1-2H3. The van der Waals surface area contributed by atoms with Gasteiger partial charge in [-0.3, -0.25) is 0 Å². The van der Waals surface area contributed by atoms with Gasteiger partial charge in [-0.1, -0.05) is 196 Å². The second-order valence-corrected chi connectivity index (χ2v) is 16.8. The van der Waals surface area contributed by atoms with Crippen molar-refractivity contribution in [3.8, 4) is 55.6 Å². The van der Waals surface area contributed by atoms with Crippen molar-refractivity contribution < 1.29 is 0 Å². The number of anilines is 3. The number of hydrogen-bond acceptors (Lipinski definition) is 1. The molecule has 1 heteroatoms. The van der Waals surface area contributed by atoms with E-state index in [-0.39, 0.29) is 5.41 Å². The van der Waals surface area contributed by atoms with Crippen LogP contribution in [0, 0.1) is 0 Å². The third kappa shape index (κ3) is 4.67. The van der Waals surface area contributed by atoms with E-state index in [1.807, 2.05) is 0 Å². The summed E-state index contributed by atoms with van der Waals surface area (Å²) in [5.41, 5.74) is 23.6. The normalized spacial score (nSPS) is 15.8. The third-order valence-electron chi connectivity index (χ3n) is 13.5. The molecule has 3 aliphatic rings. The Labute approximate surface area is 346 Å². The summed E-state index contributed by atoms with van der Waals surface area (Å²) in [4.78, 5) is 2.56. The Morgan fingerprint density at radius 2 is 0.831 bits per heavy atom. The summed E-state index contributed by atoms with van der Waals surface area (Å²) in [7, 11) is 0. The van der Waals surface area contributed by atoms with E-state index in [1.165, 1.54) is 94.7 Å². The van der Waals surface area contributed by atoms with Crippen LogP contribution in [-0.4, -0.2) is 0 Å². The Bertz CT molecular complexity index is 3140. The fourth-order valence-electron chi connectivity index (χ4n) is 11.0. The first-order valence-corrected chi connectivity index (χ1v) is 20.8. The minimum atomic E-state index is -0.555. The summed E-state index contributed by atoms with van der Waals surface area (Å²) in [6.07, 6.45) is 0. The molecule has 0 N–H and O–H groups in total. The van der Waals surface area contributed by atoms with E-state index < -0.39 is 5.41 Å². The van der Waals surface area contributed by atoms with Crippen molar-refractivity contribution in [2.24, 2.45) is 0 Å². The smallest absolute Gasteiger partial charge is 0.0746 e. The maximum atomic E-state index is 2.56. The SMILES string of the molecule is CC1(C)c2ccccc2-c2ccc(N(c3cccc(-c4ccccc4)c3)c3cccc4c3C3(c5ccccc5-4)c4ccccc4-c4c(-c5ccccc5)cccc43)cc21. The Kier molecular flexibility index (Phi) is 7.26. The molecule has 12 rings (SSSR count). The Morgan fingerprint density at radius 3 is 1.59 bits per heavy atom. The molecule has 0 bridgehead atoms. The molecule has 1 atom stereocenters. The van der Waals surface area contributed by atoms with Gasteiger partial charge in [-0.15, -0.1) is 0 Å². The van der Waals surface area contributed by atoms with Crippen LogP contribution in [0.3, 0.4) is 0 Å². The zero-order valence-corrected chi connectivity index (χ0v) is 33.2. The van der Waals surface area contributed by atoms with Crippen LogP contribution in [0.5, 0.6) is 0 Å². The molecular weight excluding hydrogens is 711 g/mol. The predicted molar refractivity (Wildman–Crippen MR) is 246 cm³/mol.